The Morgan fingerprint density at radius 1 is 1.06 bits per heavy atom. The van der Waals surface area contributed by atoms with Gasteiger partial charge in [0.25, 0.3) is 0 Å². The van der Waals surface area contributed by atoms with Crippen molar-refractivity contribution in [2.75, 3.05) is 0 Å². The fourth-order valence-corrected chi connectivity index (χ4v) is 9.82. The van der Waals surface area contributed by atoms with E-state index < -0.39 is 11.2 Å². The van der Waals surface area contributed by atoms with Crippen molar-refractivity contribution in [2.45, 2.75) is 137 Å². The van der Waals surface area contributed by atoms with Gasteiger partial charge in [0.2, 0.25) is 0 Å². The minimum Gasteiger partial charge on any atom is -0.390 e. The van der Waals surface area contributed by atoms with E-state index in [1.807, 2.05) is 13.8 Å². The summed E-state index contributed by atoms with van der Waals surface area (Å²) in [6, 6.07) is 0. The lowest BCUT2D eigenvalue weighted by Gasteiger charge is -2.65. The number of rotatable bonds is 6. The molecule has 0 spiro atoms. The van der Waals surface area contributed by atoms with Crippen molar-refractivity contribution >= 4 is 0 Å². The molecule has 0 aromatic heterocycles. The van der Waals surface area contributed by atoms with Crippen LogP contribution in [0.2, 0.25) is 0 Å². The second-order valence-electron chi connectivity index (χ2n) is 14.5. The van der Waals surface area contributed by atoms with Gasteiger partial charge in [-0.15, -0.1) is 0 Å². The molecule has 10 atom stereocenters. The van der Waals surface area contributed by atoms with E-state index >= 15 is 0 Å². The van der Waals surface area contributed by atoms with Crippen molar-refractivity contribution in [3.8, 4) is 0 Å². The monoisotopic (exact) mass is 446 g/mol. The Bertz CT molecular complexity index is 666. The summed E-state index contributed by atoms with van der Waals surface area (Å²) in [7, 11) is 0. The van der Waals surface area contributed by atoms with E-state index in [0.717, 1.165) is 67.6 Å². The lowest BCUT2D eigenvalue weighted by atomic mass is 9.40. The van der Waals surface area contributed by atoms with Gasteiger partial charge in [-0.25, -0.2) is 0 Å². The molecule has 0 bridgehead atoms. The third-order valence-electron chi connectivity index (χ3n) is 11.9. The quantitative estimate of drug-likeness (QED) is 0.441. The summed E-state index contributed by atoms with van der Waals surface area (Å²) in [5.41, 5.74) is 0.0278. The van der Waals surface area contributed by atoms with Crippen LogP contribution in [-0.4, -0.2) is 21.4 Å². The highest BCUT2D eigenvalue weighted by Gasteiger charge is 2.63. The van der Waals surface area contributed by atoms with Crippen LogP contribution in [0.5, 0.6) is 0 Å². The average Bonchev–Trinajstić information content (AvgIpc) is 3.02. The van der Waals surface area contributed by atoms with Gasteiger partial charge in [-0.1, -0.05) is 47.5 Å². The molecule has 0 amide bonds. The van der Waals surface area contributed by atoms with Crippen LogP contribution in [0.1, 0.15) is 126 Å². The van der Waals surface area contributed by atoms with Crippen molar-refractivity contribution in [3.05, 3.63) is 0 Å². The Morgan fingerprint density at radius 2 is 1.75 bits per heavy atom. The van der Waals surface area contributed by atoms with E-state index in [9.17, 15) is 10.2 Å². The Hall–Kier alpha value is -0.0800. The zero-order valence-electron chi connectivity index (χ0n) is 22.4. The molecule has 0 radical (unpaired) electrons. The highest BCUT2D eigenvalue weighted by molar-refractivity contribution is 5.12. The molecule has 0 saturated heterocycles. The van der Waals surface area contributed by atoms with Gasteiger partial charge in [0, 0.05) is 0 Å². The summed E-state index contributed by atoms with van der Waals surface area (Å²) in [5.74, 6) is 5.69. The van der Waals surface area contributed by atoms with Gasteiger partial charge in [0.05, 0.1) is 11.2 Å². The summed E-state index contributed by atoms with van der Waals surface area (Å²) < 4.78 is 0. The molecule has 4 rings (SSSR count). The maximum atomic E-state index is 11.3. The molecule has 0 aromatic carbocycles. The first-order chi connectivity index (χ1) is 14.8. The molecule has 186 valence electrons. The molecule has 4 saturated carbocycles. The summed E-state index contributed by atoms with van der Waals surface area (Å²) in [6.07, 6.45) is 14.6. The molecule has 0 heterocycles. The maximum Gasteiger partial charge on any atom is 0.0648 e. The molecule has 1 unspecified atom stereocenters. The molecule has 32 heavy (non-hydrogen) atoms. The highest BCUT2D eigenvalue weighted by Crippen LogP contribution is 2.70. The number of hydrogen-bond acceptors (Lipinski definition) is 2. The molecule has 4 aliphatic carbocycles. The third kappa shape index (κ3) is 4.34. The number of fused-ring (bicyclic) bond motifs is 5. The van der Waals surface area contributed by atoms with Crippen LogP contribution in [-0.2, 0) is 0 Å². The first-order valence-electron chi connectivity index (χ1n) is 14.3. The summed E-state index contributed by atoms with van der Waals surface area (Å²) >= 11 is 0. The Balaban J connectivity index is 1.63. The zero-order chi connectivity index (χ0) is 23.5. The van der Waals surface area contributed by atoms with Crippen molar-refractivity contribution in [2.24, 2.45) is 52.3 Å². The van der Waals surface area contributed by atoms with Gasteiger partial charge in [-0.05, 0) is 130 Å². The molecular formula is C30H54O2. The lowest BCUT2D eigenvalue weighted by molar-refractivity contribution is -0.179. The molecular weight excluding hydrogens is 392 g/mol. The molecule has 2 heteroatoms. The summed E-state index contributed by atoms with van der Waals surface area (Å²) in [6.45, 7) is 16.5. The largest absolute Gasteiger partial charge is 0.390 e. The SMILES string of the molecule is CC[C@]1(O)CC[C@@]2(C)[C@@H](CC([C@H](C)CCCC(C)(C)O)[C@H]3[C@@H]4[C@H](C)CC[C@]4(C)CC[C@@H]32)C1. The van der Waals surface area contributed by atoms with Gasteiger partial charge in [-0.3, -0.25) is 0 Å². The summed E-state index contributed by atoms with van der Waals surface area (Å²) in [5, 5.41) is 21.6. The van der Waals surface area contributed by atoms with Crippen molar-refractivity contribution < 1.29 is 10.2 Å². The molecule has 0 aromatic rings. The predicted octanol–water partition coefficient (Wildman–Crippen LogP) is 7.61. The van der Waals surface area contributed by atoms with Gasteiger partial charge >= 0.3 is 0 Å². The van der Waals surface area contributed by atoms with Crippen LogP contribution in [0, 0.1) is 52.3 Å². The van der Waals surface area contributed by atoms with Crippen LogP contribution >= 0.6 is 0 Å². The third-order valence-corrected chi connectivity index (χ3v) is 11.9. The second kappa shape index (κ2) is 8.54. The van der Waals surface area contributed by atoms with Crippen LogP contribution in [0.4, 0.5) is 0 Å². The zero-order valence-corrected chi connectivity index (χ0v) is 22.4. The van der Waals surface area contributed by atoms with E-state index in [0.29, 0.717) is 16.7 Å². The van der Waals surface area contributed by atoms with Crippen LogP contribution in [0.25, 0.3) is 0 Å². The second-order valence-corrected chi connectivity index (χ2v) is 14.5. The van der Waals surface area contributed by atoms with E-state index in [4.69, 9.17) is 0 Å². The summed E-state index contributed by atoms with van der Waals surface area (Å²) in [4.78, 5) is 0. The van der Waals surface area contributed by atoms with E-state index in [1.165, 1.54) is 44.9 Å². The highest BCUT2D eigenvalue weighted by atomic mass is 16.3. The topological polar surface area (TPSA) is 40.5 Å². The Kier molecular flexibility index (Phi) is 6.68. The van der Waals surface area contributed by atoms with Crippen LogP contribution in [0.3, 0.4) is 0 Å². The Labute approximate surface area is 199 Å². The van der Waals surface area contributed by atoms with Crippen molar-refractivity contribution in [1.29, 1.82) is 0 Å². The van der Waals surface area contributed by atoms with Gasteiger partial charge in [-0.2, -0.15) is 0 Å². The Morgan fingerprint density at radius 3 is 2.41 bits per heavy atom. The first kappa shape index (κ1) is 25.0. The predicted molar refractivity (Wildman–Crippen MR) is 134 cm³/mol. The first-order valence-corrected chi connectivity index (χ1v) is 14.3. The van der Waals surface area contributed by atoms with Gasteiger partial charge in [0.1, 0.15) is 0 Å². The number of hydrogen-bond donors (Lipinski definition) is 2. The van der Waals surface area contributed by atoms with Crippen LogP contribution < -0.4 is 0 Å². The minimum absolute atomic E-state index is 0.421. The van der Waals surface area contributed by atoms with E-state index in [2.05, 4.69) is 34.6 Å². The molecule has 4 aliphatic rings. The molecule has 2 N–H and O–H groups in total. The van der Waals surface area contributed by atoms with E-state index in [1.54, 1.807) is 0 Å². The molecule has 0 aliphatic heterocycles. The van der Waals surface area contributed by atoms with Gasteiger partial charge < -0.3 is 10.2 Å². The van der Waals surface area contributed by atoms with Crippen LogP contribution in [0.15, 0.2) is 0 Å². The smallest absolute Gasteiger partial charge is 0.0648 e. The van der Waals surface area contributed by atoms with E-state index in [-0.39, 0.29) is 0 Å². The van der Waals surface area contributed by atoms with Crippen molar-refractivity contribution in [3.63, 3.8) is 0 Å². The average molecular weight is 447 g/mol. The van der Waals surface area contributed by atoms with Gasteiger partial charge in [0.15, 0.2) is 0 Å². The minimum atomic E-state index is -0.544. The number of aliphatic hydroxyl groups is 2. The van der Waals surface area contributed by atoms with Crippen molar-refractivity contribution in [1.82, 2.24) is 0 Å². The molecule has 2 nitrogen and oxygen atoms in total. The maximum absolute atomic E-state index is 11.3. The normalized spacial score (nSPS) is 49.8. The fraction of sp³-hybridized carbons (Fsp3) is 1.00. The molecule has 4 fully saturated rings. The standard InChI is InChI=1S/C30H54O2/c1-8-30(32)17-16-29(7)22(19-30)18-23(20(2)10-9-13-27(4,5)31)25-24(29)12-15-28(6)14-11-21(3)26(25)28/h20-26,31-32H,8-19H2,1-7H3/t20-,21-,22+,23?,24+,25-,26+,28-,29+,30+/m1/s1. The lowest BCUT2D eigenvalue weighted by Crippen LogP contribution is -2.59. The fourth-order valence-electron chi connectivity index (χ4n) is 9.82.